The molecule has 0 radical (unpaired) electrons. The zero-order valence-corrected chi connectivity index (χ0v) is 11.0. The summed E-state index contributed by atoms with van der Waals surface area (Å²) in [6, 6.07) is 1.25. The molecule has 1 atom stereocenters. The van der Waals surface area contributed by atoms with Crippen LogP contribution in [0.5, 0.6) is 5.75 Å². The maximum atomic E-state index is 12.6. The summed E-state index contributed by atoms with van der Waals surface area (Å²) in [5, 5.41) is 9.26. The van der Waals surface area contributed by atoms with E-state index in [1.807, 2.05) is 0 Å². The van der Waals surface area contributed by atoms with Crippen LogP contribution < -0.4 is 4.72 Å². The van der Waals surface area contributed by atoms with Crippen molar-refractivity contribution in [3.8, 4) is 5.75 Å². The molecule has 0 amide bonds. The van der Waals surface area contributed by atoms with Gasteiger partial charge in [0.2, 0.25) is 10.0 Å². The van der Waals surface area contributed by atoms with Gasteiger partial charge in [-0.2, -0.15) is 13.2 Å². The minimum Gasteiger partial charge on any atom is -0.508 e. The van der Waals surface area contributed by atoms with Crippen LogP contribution in [0.3, 0.4) is 0 Å². The monoisotopic (exact) mass is 311 g/mol. The van der Waals surface area contributed by atoms with Crippen molar-refractivity contribution in [1.82, 2.24) is 4.72 Å². The predicted molar refractivity (Wildman–Crippen MR) is 62.7 cm³/mol. The number of sulfonamides is 1. The summed E-state index contributed by atoms with van der Waals surface area (Å²) in [5.74, 6) is -0.761. The Hall–Kier alpha value is -1.32. The fourth-order valence-corrected chi connectivity index (χ4v) is 3.14. The molecule has 9 heteroatoms. The first-order valence-electron chi connectivity index (χ1n) is 5.70. The first-order valence-corrected chi connectivity index (χ1v) is 7.18. The average molecular weight is 311 g/mol. The first kappa shape index (κ1) is 15.1. The molecule has 1 heterocycles. The normalized spacial score (nSPS) is 20.2. The van der Waals surface area contributed by atoms with Crippen LogP contribution in [0, 0.1) is 0 Å². The number of phenolic OH excluding ortho intramolecular Hbond substituents is 1. The van der Waals surface area contributed by atoms with Gasteiger partial charge in [0.15, 0.2) is 0 Å². The molecular weight excluding hydrogens is 299 g/mol. The fraction of sp³-hybridized carbons (Fsp3) is 0.455. The van der Waals surface area contributed by atoms with Crippen LogP contribution in [0.2, 0.25) is 0 Å². The van der Waals surface area contributed by atoms with E-state index in [1.54, 1.807) is 0 Å². The molecule has 2 N–H and O–H groups in total. The van der Waals surface area contributed by atoms with Gasteiger partial charge in [0.25, 0.3) is 0 Å². The molecule has 0 aromatic heterocycles. The Kier molecular flexibility index (Phi) is 3.94. The summed E-state index contributed by atoms with van der Waals surface area (Å²) >= 11 is 0. The lowest BCUT2D eigenvalue weighted by molar-refractivity contribution is -0.137. The summed E-state index contributed by atoms with van der Waals surface area (Å²) in [6.45, 7) is 0.561. The zero-order chi connectivity index (χ0) is 15.0. The summed E-state index contributed by atoms with van der Waals surface area (Å²) in [4.78, 5) is -0.628. The second kappa shape index (κ2) is 5.23. The number of alkyl halides is 3. The Morgan fingerprint density at radius 1 is 1.30 bits per heavy atom. The van der Waals surface area contributed by atoms with Crippen LogP contribution in [0.25, 0.3) is 0 Å². The van der Waals surface area contributed by atoms with Crippen molar-refractivity contribution in [1.29, 1.82) is 0 Å². The molecule has 1 aromatic rings. The standard InChI is InChI=1S/C11H12F3NO4S/c12-11(13,14)7-3-9(16)5-10(4-7)20(17,18)15-8-1-2-19-6-8/h3-5,8,15-16H,1-2,6H2. The van der Waals surface area contributed by atoms with E-state index < -0.39 is 38.4 Å². The quantitative estimate of drug-likeness (QED) is 0.886. The van der Waals surface area contributed by atoms with E-state index in [9.17, 15) is 26.7 Å². The lowest BCUT2D eigenvalue weighted by Gasteiger charge is -2.13. The summed E-state index contributed by atoms with van der Waals surface area (Å²) in [6.07, 6.45) is -4.29. The Labute approximate surface area is 113 Å². The van der Waals surface area contributed by atoms with Crippen LogP contribution in [-0.4, -0.2) is 32.8 Å². The highest BCUT2D eigenvalue weighted by Crippen LogP contribution is 2.33. The van der Waals surface area contributed by atoms with Gasteiger partial charge in [-0.15, -0.1) is 0 Å². The lowest BCUT2D eigenvalue weighted by atomic mass is 10.2. The molecule has 1 unspecified atom stereocenters. The molecule has 0 spiro atoms. The SMILES string of the molecule is O=S(=O)(NC1CCOC1)c1cc(O)cc(C(F)(F)F)c1. The van der Waals surface area contributed by atoms with Gasteiger partial charge in [0, 0.05) is 12.6 Å². The summed E-state index contributed by atoms with van der Waals surface area (Å²) < 4.78 is 69.0. The molecule has 1 aromatic carbocycles. The Bertz CT molecular complexity index is 594. The highest BCUT2D eigenvalue weighted by Gasteiger charge is 2.33. The Morgan fingerprint density at radius 2 is 2.00 bits per heavy atom. The number of nitrogens with one attached hydrogen (secondary N) is 1. The number of halogens is 3. The van der Waals surface area contributed by atoms with Gasteiger partial charge in [-0.1, -0.05) is 0 Å². The van der Waals surface area contributed by atoms with Crippen molar-refractivity contribution >= 4 is 10.0 Å². The summed E-state index contributed by atoms with van der Waals surface area (Å²) in [7, 11) is -4.14. The van der Waals surface area contributed by atoms with Gasteiger partial charge in [-0.25, -0.2) is 13.1 Å². The Balaban J connectivity index is 2.33. The predicted octanol–water partition coefficient (Wildman–Crippen LogP) is 1.48. The number of aromatic hydroxyl groups is 1. The molecule has 20 heavy (non-hydrogen) atoms. The van der Waals surface area contributed by atoms with Crippen LogP contribution in [-0.2, 0) is 20.9 Å². The zero-order valence-electron chi connectivity index (χ0n) is 10.1. The molecule has 0 aliphatic carbocycles. The number of rotatable bonds is 3. The van der Waals surface area contributed by atoms with Crippen molar-refractivity contribution in [3.05, 3.63) is 23.8 Å². The fourth-order valence-electron chi connectivity index (χ4n) is 1.82. The highest BCUT2D eigenvalue weighted by atomic mass is 32.2. The Morgan fingerprint density at radius 3 is 2.55 bits per heavy atom. The van der Waals surface area contributed by atoms with Crippen molar-refractivity contribution < 1.29 is 31.4 Å². The van der Waals surface area contributed by atoms with Crippen LogP contribution in [0.15, 0.2) is 23.1 Å². The van der Waals surface area contributed by atoms with Crippen LogP contribution in [0.4, 0.5) is 13.2 Å². The number of ether oxygens (including phenoxy) is 1. The molecule has 1 aliphatic heterocycles. The van der Waals surface area contributed by atoms with E-state index >= 15 is 0 Å². The van der Waals surface area contributed by atoms with Crippen LogP contribution in [0.1, 0.15) is 12.0 Å². The van der Waals surface area contributed by atoms with Gasteiger partial charge in [-0.3, -0.25) is 0 Å². The van der Waals surface area contributed by atoms with Gasteiger partial charge >= 0.3 is 6.18 Å². The van der Waals surface area contributed by atoms with E-state index in [0.717, 1.165) is 6.07 Å². The minimum absolute atomic E-state index is 0.171. The van der Waals surface area contributed by atoms with E-state index in [-0.39, 0.29) is 6.61 Å². The van der Waals surface area contributed by atoms with Crippen molar-refractivity contribution in [2.45, 2.75) is 23.5 Å². The molecule has 0 saturated carbocycles. The van der Waals surface area contributed by atoms with E-state index in [1.165, 1.54) is 0 Å². The molecule has 1 fully saturated rings. The first-order chi connectivity index (χ1) is 9.18. The molecular formula is C11H12F3NO4S. The molecule has 2 rings (SSSR count). The van der Waals surface area contributed by atoms with Gasteiger partial charge in [0.1, 0.15) is 5.75 Å². The number of hydrogen-bond acceptors (Lipinski definition) is 4. The number of phenols is 1. The van der Waals surface area contributed by atoms with E-state index in [4.69, 9.17) is 4.74 Å². The van der Waals surface area contributed by atoms with Gasteiger partial charge < -0.3 is 9.84 Å². The number of hydrogen-bond donors (Lipinski definition) is 2. The molecule has 0 bridgehead atoms. The third-order valence-electron chi connectivity index (χ3n) is 2.78. The average Bonchev–Trinajstić information content (AvgIpc) is 2.79. The maximum Gasteiger partial charge on any atom is 0.416 e. The smallest absolute Gasteiger partial charge is 0.416 e. The second-order valence-corrected chi connectivity index (χ2v) is 6.11. The lowest BCUT2D eigenvalue weighted by Crippen LogP contribution is -2.35. The molecule has 112 valence electrons. The third kappa shape index (κ3) is 3.41. The maximum absolute atomic E-state index is 12.6. The van der Waals surface area contributed by atoms with Crippen molar-refractivity contribution in [2.24, 2.45) is 0 Å². The van der Waals surface area contributed by atoms with E-state index in [2.05, 4.69) is 4.72 Å². The number of benzene rings is 1. The minimum atomic E-state index is -4.74. The highest BCUT2D eigenvalue weighted by molar-refractivity contribution is 7.89. The van der Waals surface area contributed by atoms with Gasteiger partial charge in [0.05, 0.1) is 17.1 Å². The topological polar surface area (TPSA) is 75.6 Å². The largest absolute Gasteiger partial charge is 0.508 e. The third-order valence-corrected chi connectivity index (χ3v) is 4.28. The molecule has 1 saturated heterocycles. The van der Waals surface area contributed by atoms with Crippen molar-refractivity contribution in [3.63, 3.8) is 0 Å². The molecule has 5 nitrogen and oxygen atoms in total. The summed E-state index contributed by atoms with van der Waals surface area (Å²) in [5.41, 5.74) is -1.22. The van der Waals surface area contributed by atoms with Crippen molar-refractivity contribution in [2.75, 3.05) is 13.2 Å². The molecule has 1 aliphatic rings. The van der Waals surface area contributed by atoms with Gasteiger partial charge in [-0.05, 0) is 24.6 Å². The second-order valence-electron chi connectivity index (χ2n) is 4.40. The van der Waals surface area contributed by atoms with E-state index in [0.29, 0.717) is 25.2 Å². The van der Waals surface area contributed by atoms with Crippen LogP contribution >= 0.6 is 0 Å².